The number of pyridine rings is 1. The molecule has 3 aromatic rings. The molecule has 1 aliphatic rings. The number of carbonyl (C=O) groups excluding carboxylic acids is 1. The Morgan fingerprint density at radius 3 is 2.58 bits per heavy atom. The van der Waals surface area contributed by atoms with E-state index in [2.05, 4.69) is 35.3 Å². The van der Waals surface area contributed by atoms with Gasteiger partial charge in [-0.15, -0.1) is 0 Å². The number of hydrogen-bond acceptors (Lipinski definition) is 5. The van der Waals surface area contributed by atoms with E-state index in [-0.39, 0.29) is 30.7 Å². The van der Waals surface area contributed by atoms with E-state index in [9.17, 15) is 26.7 Å². The summed E-state index contributed by atoms with van der Waals surface area (Å²) >= 11 is 0. The van der Waals surface area contributed by atoms with Crippen LogP contribution in [0.15, 0.2) is 30.6 Å². The van der Waals surface area contributed by atoms with Gasteiger partial charge in [-0.05, 0) is 25.0 Å². The third-order valence-electron chi connectivity index (χ3n) is 6.23. The molecule has 14 heteroatoms. The van der Waals surface area contributed by atoms with Crippen LogP contribution in [0, 0.1) is 11.6 Å². The lowest BCUT2D eigenvalue weighted by Crippen LogP contribution is -2.35. The SMILES string of the molecule is C[Si](C)(C)CCOCn1cc(C(F)(F)F)c2c(Oc3c(F)cc(NC(=O)NC[C@H]4CCCO4)cc3F)ccnc21. The van der Waals surface area contributed by atoms with Gasteiger partial charge in [-0.1, -0.05) is 19.6 Å². The Balaban J connectivity index is 1.54. The van der Waals surface area contributed by atoms with Crippen molar-refractivity contribution in [3.63, 3.8) is 0 Å². The highest BCUT2D eigenvalue weighted by Gasteiger charge is 2.37. The minimum absolute atomic E-state index is 0.111. The Hall–Kier alpha value is -3.23. The van der Waals surface area contributed by atoms with Gasteiger partial charge in [-0.2, -0.15) is 13.2 Å². The van der Waals surface area contributed by atoms with Crippen LogP contribution in [0.1, 0.15) is 18.4 Å². The Morgan fingerprint density at radius 2 is 1.95 bits per heavy atom. The van der Waals surface area contributed by atoms with Crippen LogP contribution in [0.2, 0.25) is 25.7 Å². The van der Waals surface area contributed by atoms with Crippen LogP contribution in [0.3, 0.4) is 0 Å². The van der Waals surface area contributed by atoms with Gasteiger partial charge in [0, 0.05) is 58.0 Å². The number of nitrogens with zero attached hydrogens (tertiary/aromatic N) is 2. The second-order valence-corrected chi connectivity index (χ2v) is 16.3. The van der Waals surface area contributed by atoms with Gasteiger partial charge in [-0.25, -0.2) is 18.6 Å². The molecule has 1 aromatic carbocycles. The highest BCUT2D eigenvalue weighted by molar-refractivity contribution is 6.76. The van der Waals surface area contributed by atoms with E-state index in [1.54, 1.807) is 0 Å². The molecule has 1 saturated heterocycles. The van der Waals surface area contributed by atoms with E-state index in [0.717, 1.165) is 43.3 Å². The number of anilines is 1. The van der Waals surface area contributed by atoms with Crippen molar-refractivity contribution in [3.05, 3.63) is 47.8 Å². The summed E-state index contributed by atoms with van der Waals surface area (Å²) in [5, 5.41) is 4.42. The number of halogens is 5. The van der Waals surface area contributed by atoms with Crippen LogP contribution in [-0.2, 0) is 22.4 Å². The summed E-state index contributed by atoms with van der Waals surface area (Å²) in [6.07, 6.45) is -1.22. The smallest absolute Gasteiger partial charge is 0.418 e. The number of urea groups is 1. The van der Waals surface area contributed by atoms with Gasteiger partial charge in [0.2, 0.25) is 0 Å². The van der Waals surface area contributed by atoms with Crippen molar-refractivity contribution in [1.29, 1.82) is 0 Å². The van der Waals surface area contributed by atoms with Crippen molar-refractivity contribution in [1.82, 2.24) is 14.9 Å². The summed E-state index contributed by atoms with van der Waals surface area (Å²) in [6.45, 7) is 7.48. The first-order valence-electron chi connectivity index (χ1n) is 12.8. The lowest BCUT2D eigenvalue weighted by molar-refractivity contribution is -0.136. The second kappa shape index (κ2) is 12.1. The van der Waals surface area contributed by atoms with E-state index >= 15 is 0 Å². The third kappa shape index (κ3) is 7.49. The second-order valence-electron chi connectivity index (χ2n) is 10.7. The predicted molar refractivity (Wildman–Crippen MR) is 141 cm³/mol. The lowest BCUT2D eigenvalue weighted by Gasteiger charge is -2.15. The number of benzene rings is 1. The average Bonchev–Trinajstić information content (AvgIpc) is 3.51. The van der Waals surface area contributed by atoms with E-state index in [4.69, 9.17) is 14.2 Å². The fourth-order valence-electron chi connectivity index (χ4n) is 4.15. The topological polar surface area (TPSA) is 86.6 Å². The minimum atomic E-state index is -4.80. The molecule has 2 amide bonds. The monoisotopic (exact) mass is 586 g/mol. The number of fused-ring (bicyclic) bond motifs is 1. The molecule has 0 aliphatic carbocycles. The van der Waals surface area contributed by atoms with Crippen molar-refractivity contribution in [2.75, 3.05) is 25.1 Å². The highest BCUT2D eigenvalue weighted by Crippen LogP contribution is 2.42. The van der Waals surface area contributed by atoms with Crippen LogP contribution in [0.5, 0.6) is 11.5 Å². The normalized spacial score (nSPS) is 15.9. The molecule has 40 heavy (non-hydrogen) atoms. The molecule has 3 heterocycles. The van der Waals surface area contributed by atoms with E-state index in [1.807, 2.05) is 0 Å². The number of ether oxygens (including phenoxy) is 3. The molecular formula is C26H31F5N4O4Si. The molecule has 2 aromatic heterocycles. The van der Waals surface area contributed by atoms with Crippen molar-refractivity contribution >= 4 is 30.8 Å². The molecule has 0 radical (unpaired) electrons. The molecule has 0 spiro atoms. The maximum atomic E-state index is 14.9. The van der Waals surface area contributed by atoms with E-state index < -0.39 is 54.4 Å². The number of aromatic nitrogens is 2. The molecule has 8 nitrogen and oxygen atoms in total. The predicted octanol–water partition coefficient (Wildman–Crippen LogP) is 6.74. The number of alkyl halides is 3. The molecule has 0 bridgehead atoms. The van der Waals surface area contributed by atoms with Crippen LogP contribution >= 0.6 is 0 Å². The fourth-order valence-corrected chi connectivity index (χ4v) is 4.91. The van der Waals surface area contributed by atoms with Gasteiger partial charge >= 0.3 is 12.2 Å². The maximum absolute atomic E-state index is 14.9. The maximum Gasteiger partial charge on any atom is 0.418 e. The third-order valence-corrected chi connectivity index (χ3v) is 7.94. The zero-order valence-electron chi connectivity index (χ0n) is 22.3. The molecule has 1 aliphatic heterocycles. The average molecular weight is 587 g/mol. The largest absolute Gasteiger partial charge is 0.450 e. The van der Waals surface area contributed by atoms with Gasteiger partial charge in [0.05, 0.1) is 17.1 Å². The summed E-state index contributed by atoms with van der Waals surface area (Å²) in [6, 6.07) is 2.84. The molecule has 4 rings (SSSR count). The van der Waals surface area contributed by atoms with Crippen LogP contribution in [0.25, 0.3) is 11.0 Å². The Morgan fingerprint density at radius 1 is 1.23 bits per heavy atom. The first-order valence-corrected chi connectivity index (χ1v) is 16.5. The Bertz CT molecular complexity index is 1330. The molecule has 0 unspecified atom stereocenters. The van der Waals surface area contributed by atoms with Gasteiger partial charge in [-0.3, -0.25) is 0 Å². The van der Waals surface area contributed by atoms with E-state index in [0.29, 0.717) is 13.2 Å². The van der Waals surface area contributed by atoms with Gasteiger partial charge in [0.15, 0.2) is 17.4 Å². The quantitative estimate of drug-likeness (QED) is 0.156. The molecule has 218 valence electrons. The molecule has 2 N–H and O–H groups in total. The van der Waals surface area contributed by atoms with Crippen molar-refractivity contribution in [3.8, 4) is 11.5 Å². The van der Waals surface area contributed by atoms with E-state index in [1.165, 1.54) is 10.8 Å². The lowest BCUT2D eigenvalue weighted by atomic mass is 10.2. The number of nitrogens with one attached hydrogen (secondary N) is 2. The van der Waals surface area contributed by atoms with Crippen LogP contribution in [-0.4, -0.2) is 49.5 Å². The van der Waals surface area contributed by atoms with Crippen molar-refractivity contribution in [2.24, 2.45) is 0 Å². The number of rotatable bonds is 10. The number of hydrogen-bond donors (Lipinski definition) is 2. The molecule has 1 atom stereocenters. The zero-order chi connectivity index (χ0) is 29.1. The van der Waals surface area contributed by atoms with Crippen LogP contribution in [0.4, 0.5) is 32.4 Å². The van der Waals surface area contributed by atoms with Crippen molar-refractivity contribution in [2.45, 2.75) is 57.5 Å². The summed E-state index contributed by atoms with van der Waals surface area (Å²) in [7, 11) is -1.41. The zero-order valence-corrected chi connectivity index (χ0v) is 23.3. The highest BCUT2D eigenvalue weighted by atomic mass is 28.3. The fraction of sp³-hybridized carbons (Fsp3) is 0.462. The molecule has 1 fully saturated rings. The summed E-state index contributed by atoms with van der Waals surface area (Å²) < 4.78 is 89.2. The first-order chi connectivity index (χ1) is 18.8. The first kappa shape index (κ1) is 29.7. The summed E-state index contributed by atoms with van der Waals surface area (Å²) in [5.74, 6) is -3.81. The summed E-state index contributed by atoms with van der Waals surface area (Å²) in [5.41, 5.74) is -1.40. The van der Waals surface area contributed by atoms with Crippen LogP contribution < -0.4 is 15.4 Å². The Kier molecular flexibility index (Phi) is 9.00. The Labute approximate surface area is 228 Å². The molecular weight excluding hydrogens is 555 g/mol. The number of carbonyl (C=O) groups is 1. The number of amides is 2. The minimum Gasteiger partial charge on any atom is -0.450 e. The van der Waals surface area contributed by atoms with Gasteiger partial charge in [0.1, 0.15) is 18.1 Å². The summed E-state index contributed by atoms with van der Waals surface area (Å²) in [4.78, 5) is 16.2. The molecule has 0 saturated carbocycles. The van der Waals surface area contributed by atoms with Crippen molar-refractivity contribution < 1.29 is 41.0 Å². The van der Waals surface area contributed by atoms with Gasteiger partial charge in [0.25, 0.3) is 0 Å². The standard InChI is InChI=1S/C26H31F5N4O4Si/c1-40(2,3)10-9-37-15-35-14-18(26(29,30)31)22-21(6-7-32-24(22)35)39-23-19(27)11-16(12-20(23)28)34-25(36)33-13-17-5-4-8-38-17/h6-7,11-12,14,17H,4-5,8-10,13,15H2,1-3H3,(H2,33,34,36)/t17-/m1/s1. The van der Waals surface area contributed by atoms with Gasteiger partial charge < -0.3 is 29.4 Å².